The third kappa shape index (κ3) is 4.96. The van der Waals surface area contributed by atoms with Crippen LogP contribution in [0.2, 0.25) is 0 Å². The Morgan fingerprint density at radius 2 is 1.76 bits per heavy atom. The minimum Gasteiger partial charge on any atom is -0.378 e. The Bertz CT molecular complexity index is 330. The van der Waals surface area contributed by atoms with Crippen LogP contribution in [0.5, 0.6) is 0 Å². The number of likely N-dealkylation sites (tertiary alicyclic amines) is 1. The van der Waals surface area contributed by atoms with E-state index in [9.17, 15) is 4.79 Å². The van der Waals surface area contributed by atoms with Gasteiger partial charge in [0.15, 0.2) is 0 Å². The van der Waals surface area contributed by atoms with E-state index in [0.717, 1.165) is 31.4 Å². The van der Waals surface area contributed by atoms with Crippen LogP contribution in [0.4, 0.5) is 0 Å². The summed E-state index contributed by atoms with van der Waals surface area (Å²) in [6, 6.07) is 1.13. The van der Waals surface area contributed by atoms with Crippen molar-refractivity contribution >= 4 is 5.91 Å². The maximum absolute atomic E-state index is 11.7. The van der Waals surface area contributed by atoms with E-state index >= 15 is 0 Å². The molecule has 0 aromatic heterocycles. The SMILES string of the molecule is CC(C)OCC1CN(C2CCC(NC(=O)C(C)C)CC2)C1. The predicted octanol–water partition coefficient (Wildman–Crippen LogP) is 2.43. The largest absolute Gasteiger partial charge is 0.378 e. The summed E-state index contributed by atoms with van der Waals surface area (Å²) in [5.74, 6) is 1.03. The molecule has 0 atom stereocenters. The van der Waals surface area contributed by atoms with Crippen molar-refractivity contribution in [1.29, 1.82) is 0 Å². The summed E-state index contributed by atoms with van der Waals surface area (Å²) in [5, 5.41) is 3.18. The van der Waals surface area contributed by atoms with Crippen LogP contribution in [0.1, 0.15) is 53.4 Å². The van der Waals surface area contributed by atoms with Crippen molar-refractivity contribution in [3.05, 3.63) is 0 Å². The zero-order valence-electron chi connectivity index (χ0n) is 14.1. The van der Waals surface area contributed by atoms with Crippen LogP contribution in [0.3, 0.4) is 0 Å². The van der Waals surface area contributed by atoms with Gasteiger partial charge in [0, 0.05) is 37.0 Å². The molecule has 2 rings (SSSR count). The first kappa shape index (κ1) is 16.8. The lowest BCUT2D eigenvalue weighted by Gasteiger charge is -2.46. The summed E-state index contributed by atoms with van der Waals surface area (Å²) in [5.41, 5.74) is 0. The zero-order valence-corrected chi connectivity index (χ0v) is 14.1. The molecule has 122 valence electrons. The molecule has 0 unspecified atom stereocenters. The molecule has 1 amide bonds. The van der Waals surface area contributed by atoms with Gasteiger partial charge in [-0.05, 0) is 39.5 Å². The molecule has 0 aromatic rings. The van der Waals surface area contributed by atoms with Gasteiger partial charge in [-0.3, -0.25) is 9.69 Å². The van der Waals surface area contributed by atoms with Crippen LogP contribution in [-0.4, -0.2) is 48.7 Å². The zero-order chi connectivity index (χ0) is 15.4. The third-order valence-corrected chi connectivity index (χ3v) is 4.73. The van der Waals surface area contributed by atoms with Gasteiger partial charge in [-0.15, -0.1) is 0 Å². The van der Waals surface area contributed by atoms with Gasteiger partial charge in [0.25, 0.3) is 0 Å². The summed E-state index contributed by atoms with van der Waals surface area (Å²) in [6.45, 7) is 11.4. The quantitative estimate of drug-likeness (QED) is 0.818. The Morgan fingerprint density at radius 1 is 1.14 bits per heavy atom. The van der Waals surface area contributed by atoms with Crippen molar-refractivity contribution in [1.82, 2.24) is 10.2 Å². The number of ether oxygens (including phenoxy) is 1. The normalized spacial score (nSPS) is 27.9. The Kier molecular flexibility index (Phi) is 6.06. The molecule has 1 heterocycles. The summed E-state index contributed by atoms with van der Waals surface area (Å²) in [6.07, 6.45) is 5.06. The second-order valence-electron chi connectivity index (χ2n) is 7.37. The molecule has 4 heteroatoms. The number of hydrogen-bond acceptors (Lipinski definition) is 3. The fourth-order valence-electron chi connectivity index (χ4n) is 3.30. The first-order valence-corrected chi connectivity index (χ1v) is 8.61. The topological polar surface area (TPSA) is 41.6 Å². The number of amides is 1. The molecule has 1 N–H and O–H groups in total. The van der Waals surface area contributed by atoms with E-state index in [1.54, 1.807) is 0 Å². The lowest BCUT2D eigenvalue weighted by atomic mass is 9.86. The minimum atomic E-state index is 0.0971. The van der Waals surface area contributed by atoms with Crippen molar-refractivity contribution in [2.75, 3.05) is 19.7 Å². The van der Waals surface area contributed by atoms with Crippen LogP contribution >= 0.6 is 0 Å². The van der Waals surface area contributed by atoms with E-state index in [2.05, 4.69) is 24.1 Å². The molecule has 1 saturated carbocycles. The summed E-state index contributed by atoms with van der Waals surface area (Å²) in [7, 11) is 0. The van der Waals surface area contributed by atoms with Gasteiger partial charge in [0.05, 0.1) is 12.7 Å². The molecule has 2 aliphatic rings. The highest BCUT2D eigenvalue weighted by Gasteiger charge is 2.34. The number of carbonyl (C=O) groups is 1. The minimum absolute atomic E-state index is 0.0971. The highest BCUT2D eigenvalue weighted by molar-refractivity contribution is 5.78. The number of hydrogen-bond donors (Lipinski definition) is 1. The summed E-state index contributed by atoms with van der Waals surface area (Å²) >= 11 is 0. The van der Waals surface area contributed by atoms with Crippen LogP contribution in [0.25, 0.3) is 0 Å². The molecular formula is C17H32N2O2. The van der Waals surface area contributed by atoms with Gasteiger partial charge in [0.2, 0.25) is 5.91 Å². The van der Waals surface area contributed by atoms with Crippen LogP contribution < -0.4 is 5.32 Å². The van der Waals surface area contributed by atoms with Crippen molar-refractivity contribution in [2.24, 2.45) is 11.8 Å². The maximum Gasteiger partial charge on any atom is 0.222 e. The summed E-state index contributed by atoms with van der Waals surface area (Å²) in [4.78, 5) is 14.3. The molecule has 1 saturated heterocycles. The van der Waals surface area contributed by atoms with E-state index in [0.29, 0.717) is 12.1 Å². The summed E-state index contributed by atoms with van der Waals surface area (Å²) < 4.78 is 5.69. The Morgan fingerprint density at radius 3 is 2.29 bits per heavy atom. The molecule has 4 nitrogen and oxygen atoms in total. The van der Waals surface area contributed by atoms with Crippen molar-refractivity contribution < 1.29 is 9.53 Å². The van der Waals surface area contributed by atoms with Gasteiger partial charge in [-0.25, -0.2) is 0 Å². The van der Waals surface area contributed by atoms with Crippen LogP contribution in [-0.2, 0) is 9.53 Å². The molecule has 21 heavy (non-hydrogen) atoms. The molecule has 2 fully saturated rings. The third-order valence-electron chi connectivity index (χ3n) is 4.73. The second-order valence-corrected chi connectivity index (χ2v) is 7.37. The van der Waals surface area contributed by atoms with E-state index < -0.39 is 0 Å². The van der Waals surface area contributed by atoms with Crippen LogP contribution in [0, 0.1) is 11.8 Å². The molecule has 1 aliphatic heterocycles. The van der Waals surface area contributed by atoms with Gasteiger partial charge < -0.3 is 10.1 Å². The van der Waals surface area contributed by atoms with Crippen molar-refractivity contribution in [3.8, 4) is 0 Å². The molecular weight excluding hydrogens is 264 g/mol. The molecule has 0 aromatic carbocycles. The molecule has 0 bridgehead atoms. The maximum atomic E-state index is 11.7. The van der Waals surface area contributed by atoms with E-state index in [-0.39, 0.29) is 11.8 Å². The van der Waals surface area contributed by atoms with Crippen LogP contribution in [0.15, 0.2) is 0 Å². The average molecular weight is 296 g/mol. The fourth-order valence-corrected chi connectivity index (χ4v) is 3.30. The lowest BCUT2D eigenvalue weighted by Crippen LogP contribution is -2.55. The Balaban J connectivity index is 1.61. The van der Waals surface area contributed by atoms with Gasteiger partial charge in [0.1, 0.15) is 0 Å². The number of nitrogens with one attached hydrogen (secondary N) is 1. The highest BCUT2D eigenvalue weighted by Crippen LogP contribution is 2.29. The predicted molar refractivity (Wildman–Crippen MR) is 85.2 cm³/mol. The van der Waals surface area contributed by atoms with Crippen molar-refractivity contribution in [3.63, 3.8) is 0 Å². The standard InChI is InChI=1S/C17H32N2O2/c1-12(2)17(20)18-15-5-7-16(8-6-15)19-9-14(10-19)11-21-13(3)4/h12-16H,5-11H2,1-4H3,(H,18,20). The Hall–Kier alpha value is -0.610. The average Bonchev–Trinajstić information content (AvgIpc) is 2.38. The Labute approximate surface area is 129 Å². The first-order valence-electron chi connectivity index (χ1n) is 8.61. The second kappa shape index (κ2) is 7.59. The first-order chi connectivity index (χ1) is 9.95. The molecule has 0 spiro atoms. The lowest BCUT2D eigenvalue weighted by molar-refractivity contribution is -0.125. The monoisotopic (exact) mass is 296 g/mol. The smallest absolute Gasteiger partial charge is 0.222 e. The number of rotatable bonds is 6. The van der Waals surface area contributed by atoms with E-state index in [1.165, 1.54) is 25.9 Å². The fraction of sp³-hybridized carbons (Fsp3) is 0.941. The van der Waals surface area contributed by atoms with E-state index in [4.69, 9.17) is 4.74 Å². The highest BCUT2D eigenvalue weighted by atomic mass is 16.5. The van der Waals surface area contributed by atoms with Gasteiger partial charge in [-0.2, -0.15) is 0 Å². The van der Waals surface area contributed by atoms with Gasteiger partial charge in [-0.1, -0.05) is 13.8 Å². The molecule has 1 aliphatic carbocycles. The number of nitrogens with zero attached hydrogens (tertiary/aromatic N) is 1. The van der Waals surface area contributed by atoms with E-state index in [1.807, 2.05) is 13.8 Å². The molecule has 0 radical (unpaired) electrons. The van der Waals surface area contributed by atoms with Crippen molar-refractivity contribution in [2.45, 2.75) is 71.6 Å². The number of carbonyl (C=O) groups excluding carboxylic acids is 1. The van der Waals surface area contributed by atoms with Gasteiger partial charge >= 0.3 is 0 Å².